The summed E-state index contributed by atoms with van der Waals surface area (Å²) in [7, 11) is -3.98. The Morgan fingerprint density at radius 1 is 1.43 bits per heavy atom. The quantitative estimate of drug-likeness (QED) is 0.620. The minimum atomic E-state index is -3.98. The van der Waals surface area contributed by atoms with Gasteiger partial charge >= 0.3 is 0 Å². The van der Waals surface area contributed by atoms with Crippen LogP contribution in [-0.2, 0) is 16.4 Å². The van der Waals surface area contributed by atoms with Gasteiger partial charge in [0, 0.05) is 25.1 Å². The van der Waals surface area contributed by atoms with Gasteiger partial charge in [0.05, 0.1) is 9.95 Å². The van der Waals surface area contributed by atoms with Gasteiger partial charge in [-0.1, -0.05) is 16.8 Å². The van der Waals surface area contributed by atoms with E-state index in [1.807, 2.05) is 0 Å². The van der Waals surface area contributed by atoms with Crippen molar-refractivity contribution in [2.24, 2.45) is 0 Å². The Morgan fingerprint density at radius 3 is 2.81 bits per heavy atom. The Bertz CT molecular complexity index is 747. The number of non-ortho nitro benzene ring substituents is 1. The molecule has 0 aliphatic heterocycles. The number of nitrogens with one attached hydrogen (secondary N) is 1. The van der Waals surface area contributed by atoms with E-state index in [0.29, 0.717) is 0 Å². The molecular formula is C10H9ClN4O5S. The van der Waals surface area contributed by atoms with Crippen molar-refractivity contribution in [2.45, 2.75) is 11.3 Å². The second-order valence-electron chi connectivity index (χ2n) is 3.85. The maximum Gasteiger partial charge on any atom is 0.270 e. The summed E-state index contributed by atoms with van der Waals surface area (Å²) >= 11 is 5.78. The average Bonchev–Trinajstić information content (AvgIpc) is 2.91. The number of hydrogen-bond donors (Lipinski definition) is 1. The molecule has 0 unspecified atom stereocenters. The van der Waals surface area contributed by atoms with E-state index in [2.05, 4.69) is 14.9 Å². The fourth-order valence-corrected chi connectivity index (χ4v) is 3.04. The van der Waals surface area contributed by atoms with Crippen LogP contribution in [0.4, 0.5) is 5.69 Å². The van der Waals surface area contributed by atoms with Crippen molar-refractivity contribution in [2.75, 3.05) is 6.54 Å². The molecule has 11 heteroatoms. The van der Waals surface area contributed by atoms with E-state index in [1.165, 1.54) is 6.33 Å². The van der Waals surface area contributed by atoms with E-state index in [0.717, 1.165) is 18.2 Å². The molecule has 0 spiro atoms. The monoisotopic (exact) mass is 332 g/mol. The van der Waals surface area contributed by atoms with Gasteiger partial charge in [0.2, 0.25) is 15.9 Å². The predicted molar refractivity (Wildman–Crippen MR) is 71.3 cm³/mol. The number of nitro groups is 1. The number of hydrogen-bond acceptors (Lipinski definition) is 7. The van der Waals surface area contributed by atoms with E-state index in [9.17, 15) is 18.5 Å². The van der Waals surface area contributed by atoms with Crippen LogP contribution in [0.15, 0.2) is 33.9 Å². The molecule has 21 heavy (non-hydrogen) atoms. The molecule has 0 amide bonds. The zero-order chi connectivity index (χ0) is 15.5. The second-order valence-corrected chi connectivity index (χ2v) is 6.00. The normalized spacial score (nSPS) is 11.5. The molecule has 0 aliphatic carbocycles. The molecule has 0 aliphatic rings. The van der Waals surface area contributed by atoms with Gasteiger partial charge in [0.15, 0.2) is 6.33 Å². The SMILES string of the molecule is O=[N+]([O-])c1ccc(Cl)c(S(=O)(=O)NCCc2ncno2)c1. The number of halogens is 1. The lowest BCUT2D eigenvalue weighted by atomic mass is 10.3. The lowest BCUT2D eigenvalue weighted by molar-refractivity contribution is -0.385. The molecule has 1 aromatic heterocycles. The fraction of sp³-hybridized carbons (Fsp3) is 0.200. The van der Waals surface area contributed by atoms with Crippen LogP contribution in [0.2, 0.25) is 5.02 Å². The first-order chi connectivity index (χ1) is 9.90. The van der Waals surface area contributed by atoms with Gasteiger partial charge in [-0.15, -0.1) is 0 Å². The smallest absolute Gasteiger partial charge is 0.270 e. The molecule has 1 heterocycles. The van der Waals surface area contributed by atoms with Gasteiger partial charge < -0.3 is 4.52 Å². The number of aromatic nitrogens is 2. The van der Waals surface area contributed by atoms with Crippen LogP contribution in [0.3, 0.4) is 0 Å². The number of benzene rings is 1. The van der Waals surface area contributed by atoms with Gasteiger partial charge in [0.25, 0.3) is 5.69 Å². The maximum atomic E-state index is 12.1. The Hall–Kier alpha value is -2.04. The van der Waals surface area contributed by atoms with E-state index >= 15 is 0 Å². The summed E-state index contributed by atoms with van der Waals surface area (Å²) in [6, 6.07) is 3.18. The molecule has 9 nitrogen and oxygen atoms in total. The number of rotatable bonds is 6. The van der Waals surface area contributed by atoms with Crippen molar-refractivity contribution in [3.05, 3.63) is 45.6 Å². The van der Waals surface area contributed by atoms with Crippen molar-refractivity contribution >= 4 is 27.3 Å². The zero-order valence-corrected chi connectivity index (χ0v) is 12.0. The van der Waals surface area contributed by atoms with E-state index in [1.54, 1.807) is 0 Å². The van der Waals surface area contributed by atoms with Crippen LogP contribution in [0.5, 0.6) is 0 Å². The molecule has 1 aromatic carbocycles. The highest BCUT2D eigenvalue weighted by Gasteiger charge is 2.21. The van der Waals surface area contributed by atoms with Crippen LogP contribution in [0.25, 0.3) is 0 Å². The first kappa shape index (κ1) is 15.4. The van der Waals surface area contributed by atoms with Gasteiger partial charge in [-0.2, -0.15) is 4.98 Å². The topological polar surface area (TPSA) is 128 Å². The third-order valence-corrected chi connectivity index (χ3v) is 4.40. The molecule has 0 saturated heterocycles. The van der Waals surface area contributed by atoms with Crippen LogP contribution < -0.4 is 4.72 Å². The van der Waals surface area contributed by atoms with E-state index < -0.39 is 14.9 Å². The largest absolute Gasteiger partial charge is 0.340 e. The van der Waals surface area contributed by atoms with Gasteiger partial charge in [0.1, 0.15) is 4.90 Å². The van der Waals surface area contributed by atoms with Gasteiger partial charge in [-0.05, 0) is 6.07 Å². The summed E-state index contributed by atoms with van der Waals surface area (Å²) < 4.78 is 31.1. The summed E-state index contributed by atoms with van der Waals surface area (Å²) in [5.74, 6) is 0.267. The molecular weight excluding hydrogens is 324 g/mol. The molecule has 0 atom stereocenters. The summed E-state index contributed by atoms with van der Waals surface area (Å²) in [5.41, 5.74) is -0.364. The molecule has 112 valence electrons. The molecule has 0 bridgehead atoms. The minimum Gasteiger partial charge on any atom is -0.340 e. The third-order valence-electron chi connectivity index (χ3n) is 2.45. The standard InChI is InChI=1S/C10H9ClN4O5S/c11-8-2-1-7(15(16)17)5-9(8)21(18,19)14-4-3-10-12-6-13-20-10/h1-2,5-6,14H,3-4H2. The number of sulfonamides is 1. The van der Waals surface area contributed by atoms with Crippen molar-refractivity contribution in [1.29, 1.82) is 0 Å². The lowest BCUT2D eigenvalue weighted by Gasteiger charge is -2.07. The zero-order valence-electron chi connectivity index (χ0n) is 10.4. The highest BCUT2D eigenvalue weighted by atomic mass is 35.5. The first-order valence-corrected chi connectivity index (χ1v) is 7.45. The van der Waals surface area contributed by atoms with Crippen molar-refractivity contribution in [3.63, 3.8) is 0 Å². The number of nitrogens with zero attached hydrogens (tertiary/aromatic N) is 3. The van der Waals surface area contributed by atoms with Gasteiger partial charge in [-0.25, -0.2) is 13.1 Å². The number of nitro benzene ring substituents is 1. The summed E-state index contributed by atoms with van der Waals surface area (Å²) in [6.45, 7) is -0.0104. The van der Waals surface area contributed by atoms with Crippen molar-refractivity contribution in [3.8, 4) is 0 Å². The summed E-state index contributed by atoms with van der Waals surface area (Å²) in [4.78, 5) is 13.4. The van der Waals surface area contributed by atoms with Gasteiger partial charge in [-0.3, -0.25) is 10.1 Å². The van der Waals surface area contributed by atoms with Crippen molar-refractivity contribution in [1.82, 2.24) is 14.9 Å². The van der Waals surface area contributed by atoms with Crippen LogP contribution in [0, 0.1) is 10.1 Å². The van der Waals surface area contributed by atoms with Crippen LogP contribution >= 0.6 is 11.6 Å². The van der Waals surface area contributed by atoms with E-state index in [4.69, 9.17) is 16.1 Å². The Kier molecular flexibility index (Phi) is 4.50. The van der Waals surface area contributed by atoms with Crippen LogP contribution in [0.1, 0.15) is 5.89 Å². The second kappa shape index (κ2) is 6.16. The Labute approximate surface area is 124 Å². The predicted octanol–water partition coefficient (Wildman–Crippen LogP) is 1.15. The first-order valence-electron chi connectivity index (χ1n) is 5.59. The minimum absolute atomic E-state index is 0.0104. The van der Waals surface area contributed by atoms with Crippen LogP contribution in [-0.4, -0.2) is 30.0 Å². The van der Waals surface area contributed by atoms with Crippen molar-refractivity contribution < 1.29 is 17.9 Å². The Morgan fingerprint density at radius 2 is 2.19 bits per heavy atom. The highest BCUT2D eigenvalue weighted by Crippen LogP contribution is 2.25. The Balaban J connectivity index is 2.15. The molecule has 2 aromatic rings. The molecule has 1 N–H and O–H groups in total. The highest BCUT2D eigenvalue weighted by molar-refractivity contribution is 7.89. The summed E-state index contributed by atoms with van der Waals surface area (Å²) in [5, 5.41) is 14.0. The van der Waals surface area contributed by atoms with E-state index in [-0.39, 0.29) is 34.5 Å². The average molecular weight is 333 g/mol. The molecule has 0 saturated carbocycles. The maximum absolute atomic E-state index is 12.1. The molecule has 0 radical (unpaired) electrons. The molecule has 0 fully saturated rings. The fourth-order valence-electron chi connectivity index (χ4n) is 1.49. The lowest BCUT2D eigenvalue weighted by Crippen LogP contribution is -2.26. The third kappa shape index (κ3) is 3.74. The molecule has 2 rings (SSSR count). The summed E-state index contributed by atoms with van der Waals surface area (Å²) in [6.07, 6.45) is 1.38.